The minimum absolute atomic E-state index is 0.0631. The topological polar surface area (TPSA) is 72.6 Å². The highest BCUT2D eigenvalue weighted by atomic mass is 16.5. The molecule has 14 heavy (non-hydrogen) atoms. The number of aromatic nitrogens is 1. The molecule has 0 amide bonds. The summed E-state index contributed by atoms with van der Waals surface area (Å²) in [5.41, 5.74) is 0.430. The van der Waals surface area contributed by atoms with E-state index in [0.717, 1.165) is 6.42 Å². The molecule has 1 N–H and O–H groups in total. The maximum Gasteiger partial charge on any atom is 0.373 e. The van der Waals surface area contributed by atoms with Crippen LogP contribution in [0.5, 0.6) is 0 Å². The van der Waals surface area contributed by atoms with Crippen molar-refractivity contribution in [2.24, 2.45) is 0 Å². The van der Waals surface area contributed by atoms with E-state index in [1.54, 1.807) is 6.92 Å². The van der Waals surface area contributed by atoms with Crippen molar-refractivity contribution in [1.82, 2.24) is 4.98 Å². The zero-order chi connectivity index (χ0) is 10.1. The molecule has 0 radical (unpaired) electrons. The van der Waals surface area contributed by atoms with Gasteiger partial charge in [0, 0.05) is 6.61 Å². The Kier molecular flexibility index (Phi) is 2.25. The lowest BCUT2D eigenvalue weighted by atomic mass is 10.1. The third-order valence-electron chi connectivity index (χ3n) is 2.29. The van der Waals surface area contributed by atoms with Gasteiger partial charge in [-0.1, -0.05) is 0 Å². The van der Waals surface area contributed by atoms with Gasteiger partial charge in [-0.3, -0.25) is 0 Å². The van der Waals surface area contributed by atoms with Gasteiger partial charge in [-0.05, 0) is 13.3 Å². The van der Waals surface area contributed by atoms with Gasteiger partial charge in [-0.2, -0.15) is 0 Å². The Labute approximate surface area is 80.7 Å². The van der Waals surface area contributed by atoms with E-state index in [-0.39, 0.29) is 11.7 Å². The first kappa shape index (κ1) is 9.21. The van der Waals surface area contributed by atoms with Crippen LogP contribution in [0.2, 0.25) is 0 Å². The summed E-state index contributed by atoms with van der Waals surface area (Å²) in [5, 5.41) is 8.76. The van der Waals surface area contributed by atoms with Gasteiger partial charge in [0.05, 0.1) is 18.2 Å². The zero-order valence-electron chi connectivity index (χ0n) is 7.82. The molecule has 2 rings (SSSR count). The summed E-state index contributed by atoms with van der Waals surface area (Å²) in [4.78, 5) is 14.8. The molecule has 76 valence electrons. The first-order valence-electron chi connectivity index (χ1n) is 4.47. The highest BCUT2D eigenvalue weighted by Gasteiger charge is 2.25. The van der Waals surface area contributed by atoms with E-state index in [4.69, 9.17) is 14.3 Å². The molecule has 1 aliphatic heterocycles. The molecule has 0 aliphatic carbocycles. The Bertz CT molecular complexity index is 352. The van der Waals surface area contributed by atoms with Gasteiger partial charge in [0.1, 0.15) is 0 Å². The normalized spacial score (nSPS) is 21.4. The maximum absolute atomic E-state index is 10.7. The van der Waals surface area contributed by atoms with Gasteiger partial charge in [0.25, 0.3) is 0 Å². The molecule has 0 saturated carbocycles. The molecule has 2 heterocycles. The lowest BCUT2D eigenvalue weighted by Gasteiger charge is -1.99. The number of rotatable bonds is 2. The van der Waals surface area contributed by atoms with Crippen LogP contribution in [-0.2, 0) is 4.74 Å². The Morgan fingerprint density at radius 3 is 2.93 bits per heavy atom. The molecular formula is C9H11NO4. The zero-order valence-corrected chi connectivity index (χ0v) is 7.82. The molecule has 1 saturated heterocycles. The summed E-state index contributed by atoms with van der Waals surface area (Å²) >= 11 is 0. The fourth-order valence-electron chi connectivity index (χ4n) is 1.52. The molecule has 0 spiro atoms. The number of carbonyl (C=O) groups is 1. The Morgan fingerprint density at radius 2 is 2.43 bits per heavy atom. The number of carboxylic acid groups (broad SMARTS) is 1. The van der Waals surface area contributed by atoms with Crippen molar-refractivity contribution in [3.8, 4) is 0 Å². The summed E-state index contributed by atoms with van der Waals surface area (Å²) < 4.78 is 10.3. The minimum Gasteiger partial charge on any atom is -0.475 e. The molecule has 1 fully saturated rings. The molecule has 1 aromatic heterocycles. The average Bonchev–Trinajstić information content (AvgIpc) is 2.70. The largest absolute Gasteiger partial charge is 0.475 e. The number of nitrogens with zero attached hydrogens (tertiary/aromatic N) is 1. The number of aryl methyl sites for hydroxylation is 1. The molecular weight excluding hydrogens is 186 g/mol. The van der Waals surface area contributed by atoms with Crippen LogP contribution in [0.1, 0.15) is 34.5 Å². The van der Waals surface area contributed by atoms with Crippen LogP contribution in [0.25, 0.3) is 0 Å². The average molecular weight is 197 g/mol. The molecule has 1 aliphatic rings. The molecule has 1 atom stereocenters. The minimum atomic E-state index is -1.07. The number of ether oxygens (including phenoxy) is 1. The molecule has 0 unspecified atom stereocenters. The summed E-state index contributed by atoms with van der Waals surface area (Å²) in [6.07, 6.45) is 0.846. The monoisotopic (exact) mass is 197 g/mol. The Balaban J connectivity index is 2.27. The second-order valence-corrected chi connectivity index (χ2v) is 3.33. The molecule has 0 bridgehead atoms. The standard InChI is InChI=1S/C9H11NO4/c1-5-7(9(11)12)14-8(10-5)6-2-3-13-4-6/h6H,2-4H2,1H3,(H,11,12)/t6-/m0/s1. The van der Waals surface area contributed by atoms with Gasteiger partial charge in [0.15, 0.2) is 0 Å². The van der Waals surface area contributed by atoms with Gasteiger partial charge in [0.2, 0.25) is 11.7 Å². The van der Waals surface area contributed by atoms with Crippen LogP contribution in [0.4, 0.5) is 0 Å². The number of oxazole rings is 1. The highest BCUT2D eigenvalue weighted by molar-refractivity contribution is 5.85. The fourth-order valence-corrected chi connectivity index (χ4v) is 1.52. The SMILES string of the molecule is Cc1nc([C@H]2CCOC2)oc1C(=O)O. The van der Waals surface area contributed by atoms with Crippen LogP contribution < -0.4 is 0 Å². The van der Waals surface area contributed by atoms with E-state index in [0.29, 0.717) is 24.8 Å². The number of hydrogen-bond acceptors (Lipinski definition) is 4. The third-order valence-corrected chi connectivity index (χ3v) is 2.29. The quantitative estimate of drug-likeness (QED) is 0.770. The predicted octanol–water partition coefficient (Wildman–Crippen LogP) is 1.19. The smallest absolute Gasteiger partial charge is 0.373 e. The van der Waals surface area contributed by atoms with Gasteiger partial charge < -0.3 is 14.3 Å². The maximum atomic E-state index is 10.7. The lowest BCUT2D eigenvalue weighted by Crippen LogP contribution is -1.97. The molecule has 0 aromatic carbocycles. The Hall–Kier alpha value is -1.36. The van der Waals surface area contributed by atoms with E-state index in [2.05, 4.69) is 4.98 Å². The third kappa shape index (κ3) is 1.50. The van der Waals surface area contributed by atoms with Crippen molar-refractivity contribution in [2.45, 2.75) is 19.3 Å². The summed E-state index contributed by atoms with van der Waals surface area (Å²) in [6, 6.07) is 0. The number of carboxylic acids is 1. The van der Waals surface area contributed by atoms with Crippen molar-refractivity contribution < 1.29 is 19.1 Å². The van der Waals surface area contributed by atoms with Gasteiger partial charge >= 0.3 is 5.97 Å². The van der Waals surface area contributed by atoms with Crippen LogP contribution >= 0.6 is 0 Å². The van der Waals surface area contributed by atoms with Crippen molar-refractivity contribution in [2.75, 3.05) is 13.2 Å². The predicted molar refractivity (Wildman–Crippen MR) is 46.4 cm³/mol. The van der Waals surface area contributed by atoms with E-state index in [1.807, 2.05) is 0 Å². The Morgan fingerprint density at radius 1 is 1.64 bits per heavy atom. The van der Waals surface area contributed by atoms with Crippen LogP contribution in [0.3, 0.4) is 0 Å². The number of hydrogen-bond donors (Lipinski definition) is 1. The summed E-state index contributed by atoms with van der Waals surface area (Å²) in [5.74, 6) is -0.536. The van der Waals surface area contributed by atoms with E-state index in [9.17, 15) is 4.79 Å². The number of aromatic carboxylic acids is 1. The van der Waals surface area contributed by atoms with Crippen molar-refractivity contribution in [3.63, 3.8) is 0 Å². The van der Waals surface area contributed by atoms with Crippen LogP contribution in [-0.4, -0.2) is 29.3 Å². The van der Waals surface area contributed by atoms with E-state index < -0.39 is 5.97 Å². The van der Waals surface area contributed by atoms with Crippen LogP contribution in [0.15, 0.2) is 4.42 Å². The van der Waals surface area contributed by atoms with Crippen molar-refractivity contribution in [3.05, 3.63) is 17.3 Å². The van der Waals surface area contributed by atoms with Gasteiger partial charge in [-0.25, -0.2) is 9.78 Å². The molecule has 1 aromatic rings. The van der Waals surface area contributed by atoms with E-state index >= 15 is 0 Å². The second-order valence-electron chi connectivity index (χ2n) is 3.33. The highest BCUT2D eigenvalue weighted by Crippen LogP contribution is 2.26. The summed E-state index contributed by atoms with van der Waals surface area (Å²) in [7, 11) is 0. The first-order valence-corrected chi connectivity index (χ1v) is 4.47. The summed E-state index contributed by atoms with van der Waals surface area (Å²) in [6.45, 7) is 2.89. The van der Waals surface area contributed by atoms with Crippen molar-refractivity contribution >= 4 is 5.97 Å². The molecule has 5 heteroatoms. The van der Waals surface area contributed by atoms with E-state index in [1.165, 1.54) is 0 Å². The van der Waals surface area contributed by atoms with Gasteiger partial charge in [-0.15, -0.1) is 0 Å². The van der Waals surface area contributed by atoms with Crippen molar-refractivity contribution in [1.29, 1.82) is 0 Å². The van der Waals surface area contributed by atoms with Crippen LogP contribution in [0, 0.1) is 6.92 Å². The fraction of sp³-hybridized carbons (Fsp3) is 0.556. The first-order chi connectivity index (χ1) is 6.68. The second kappa shape index (κ2) is 3.42. The molecule has 5 nitrogen and oxygen atoms in total. The lowest BCUT2D eigenvalue weighted by molar-refractivity contribution is 0.0658.